The molecule has 2 heterocycles. The Morgan fingerprint density at radius 2 is 1.70 bits per heavy atom. The number of rotatable bonds is 12. The molecule has 1 unspecified atom stereocenters. The van der Waals surface area contributed by atoms with E-state index in [2.05, 4.69) is 35.8 Å². The number of aliphatic hydroxyl groups excluding tert-OH is 5. The number of carbonyl (C=O) groups excluding carboxylic acids is 1. The molecule has 13 nitrogen and oxygen atoms in total. The van der Waals surface area contributed by atoms with Crippen LogP contribution in [0.3, 0.4) is 0 Å². The van der Waals surface area contributed by atoms with Crippen LogP contribution in [0.1, 0.15) is 162 Å². The van der Waals surface area contributed by atoms with Crippen molar-refractivity contribution in [1.82, 2.24) is 10.6 Å². The highest BCUT2D eigenvalue weighted by Gasteiger charge is 2.78. The van der Waals surface area contributed by atoms with E-state index in [1.807, 2.05) is 13.0 Å². The average molecular weight is 976 g/mol. The van der Waals surface area contributed by atoms with Crippen molar-refractivity contribution in [1.29, 1.82) is 0 Å². The normalized spacial score (nSPS) is 47.4. The molecule has 1 spiro atoms. The van der Waals surface area contributed by atoms with E-state index in [1.165, 1.54) is 6.42 Å². The zero-order valence-corrected chi connectivity index (χ0v) is 42.5. The Bertz CT molecular complexity index is 2070. The molecule has 10 aliphatic rings. The van der Waals surface area contributed by atoms with Crippen LogP contribution in [0.2, 0.25) is 0 Å². The van der Waals surface area contributed by atoms with Crippen molar-refractivity contribution in [3.8, 4) is 0 Å². The standard InChI is InChI=1S/C57H89N3O10/c1-4-10-33-15-19-38-44(21-16-33)70-52-47(38)41(63)14-8-24-57(52,69)53(3,67)45-23-25-56(68)49-48-35(29-55(45,56)36-11-6-5-7-12-36)18-17-34(37-20-22-46(58)60-40(37)13-9-26-61)28-54(48)30-43(65)42(64)27-39(54)51(66)50(49)59-31-32(2)62/h17-18,20,22,32-36,38-39,41-48,52,59-65,67-69H,4-16,19,21,23-31,58H2,1-3H3/t32-,33+,34-,35+,38+,39-,41+,42+,43-,44+,45+,46?,47+,48-,52+,53+,54-,55-,56+,57+/m0/s1. The number of ketones is 1. The largest absolute Gasteiger partial charge is 0.396 e. The number of Topliss-reactive ketones (excluding diaryl/α,β-unsaturated/α-hetero) is 1. The van der Waals surface area contributed by atoms with Crippen LogP contribution in [0, 0.1) is 64.1 Å². The molecule has 0 amide bonds. The molecule has 10 rings (SSSR count). The van der Waals surface area contributed by atoms with Crippen LogP contribution in [0.5, 0.6) is 0 Å². The van der Waals surface area contributed by atoms with Gasteiger partial charge in [-0.15, -0.1) is 0 Å². The molecule has 2 aliphatic heterocycles. The quantitative estimate of drug-likeness (QED) is 0.111. The van der Waals surface area contributed by atoms with Gasteiger partial charge in [0.2, 0.25) is 0 Å². The van der Waals surface area contributed by atoms with Gasteiger partial charge in [0.25, 0.3) is 0 Å². The van der Waals surface area contributed by atoms with Gasteiger partial charge in [-0.05, 0) is 175 Å². The third-order valence-corrected chi connectivity index (χ3v) is 21.5. The first kappa shape index (κ1) is 51.3. The predicted octanol–water partition coefficient (Wildman–Crippen LogP) is 5.32. The van der Waals surface area contributed by atoms with Crippen LogP contribution < -0.4 is 16.4 Å². The molecule has 0 radical (unpaired) electrons. The smallest absolute Gasteiger partial charge is 0.182 e. The molecule has 13 heteroatoms. The Hall–Kier alpha value is -2.17. The summed E-state index contributed by atoms with van der Waals surface area (Å²) in [5, 5.41) is 106. The molecule has 6 saturated carbocycles. The van der Waals surface area contributed by atoms with E-state index in [0.717, 1.165) is 75.5 Å². The summed E-state index contributed by atoms with van der Waals surface area (Å²) in [7, 11) is 0. The van der Waals surface area contributed by atoms with E-state index < -0.39 is 82.1 Å². The summed E-state index contributed by atoms with van der Waals surface area (Å²) < 4.78 is 7.15. The van der Waals surface area contributed by atoms with Crippen LogP contribution in [-0.4, -0.2) is 119 Å². The van der Waals surface area contributed by atoms with Crippen LogP contribution in [0.15, 0.2) is 46.8 Å². The summed E-state index contributed by atoms with van der Waals surface area (Å²) in [6.45, 7) is 5.82. The van der Waals surface area contributed by atoms with Crippen molar-refractivity contribution >= 4 is 5.78 Å². The topological polar surface area (TPSA) is 238 Å². The minimum absolute atomic E-state index is 0.0136. The lowest BCUT2D eigenvalue weighted by molar-refractivity contribution is -0.266. The minimum Gasteiger partial charge on any atom is -0.396 e. The maximum atomic E-state index is 15.9. The van der Waals surface area contributed by atoms with Gasteiger partial charge in [0.15, 0.2) is 5.78 Å². The zero-order valence-electron chi connectivity index (χ0n) is 42.5. The van der Waals surface area contributed by atoms with Crippen molar-refractivity contribution in [2.24, 2.45) is 69.8 Å². The summed E-state index contributed by atoms with van der Waals surface area (Å²) in [6, 6.07) is 0. The van der Waals surface area contributed by atoms with Gasteiger partial charge in [-0.3, -0.25) is 4.79 Å². The second kappa shape index (κ2) is 19.5. The fourth-order valence-electron chi connectivity index (χ4n) is 18.6. The number of allylic oxidation sites excluding steroid dienone is 6. The molecule has 0 aromatic carbocycles. The lowest BCUT2D eigenvalue weighted by Crippen LogP contribution is -2.72. The molecule has 7 fully saturated rings. The first-order valence-electron chi connectivity index (χ1n) is 28.3. The van der Waals surface area contributed by atoms with E-state index in [1.54, 1.807) is 6.92 Å². The number of ether oxygens (including phenoxy) is 1. The Balaban J connectivity index is 1.15. The molecule has 70 heavy (non-hydrogen) atoms. The molecule has 0 aromatic heterocycles. The zero-order chi connectivity index (χ0) is 49.5. The molecule has 12 N–H and O–H groups in total. The number of hydrogen-bond acceptors (Lipinski definition) is 13. The Morgan fingerprint density at radius 1 is 0.929 bits per heavy atom. The van der Waals surface area contributed by atoms with Gasteiger partial charge in [-0.25, -0.2) is 0 Å². The summed E-state index contributed by atoms with van der Waals surface area (Å²) in [5.74, 6) is -2.18. The highest BCUT2D eigenvalue weighted by molar-refractivity contribution is 6.00. The highest BCUT2D eigenvalue weighted by atomic mass is 16.5. The number of nitrogens with one attached hydrogen (secondary N) is 2. The summed E-state index contributed by atoms with van der Waals surface area (Å²) in [4.78, 5) is 15.9. The predicted molar refractivity (Wildman–Crippen MR) is 266 cm³/mol. The van der Waals surface area contributed by atoms with Crippen molar-refractivity contribution in [3.05, 3.63) is 46.8 Å². The second-order valence-electron chi connectivity index (χ2n) is 25.1. The maximum Gasteiger partial charge on any atom is 0.182 e. The van der Waals surface area contributed by atoms with Crippen molar-refractivity contribution in [2.75, 3.05) is 13.2 Å². The molecule has 0 bridgehead atoms. The first-order chi connectivity index (χ1) is 33.5. The lowest BCUT2D eigenvalue weighted by atomic mass is 9.38. The lowest BCUT2D eigenvalue weighted by Gasteiger charge is -2.67. The van der Waals surface area contributed by atoms with Gasteiger partial charge in [-0.1, -0.05) is 63.7 Å². The Labute approximate surface area is 416 Å². The number of hydrogen-bond donors (Lipinski definition) is 11. The third kappa shape index (κ3) is 8.01. The summed E-state index contributed by atoms with van der Waals surface area (Å²) >= 11 is 0. The van der Waals surface area contributed by atoms with E-state index in [4.69, 9.17) is 10.5 Å². The van der Waals surface area contributed by atoms with Crippen molar-refractivity contribution in [3.63, 3.8) is 0 Å². The minimum atomic E-state index is -1.79. The molecule has 8 aliphatic carbocycles. The Kier molecular flexibility index (Phi) is 14.3. The number of aliphatic hydroxyl groups is 8. The molecular weight excluding hydrogens is 887 g/mol. The van der Waals surface area contributed by atoms with Crippen LogP contribution in [0.25, 0.3) is 0 Å². The molecule has 20 atom stereocenters. The SMILES string of the molecule is CCC[C@@H]1CC[C@H]2[C@@H]3[C@H](O)CCC[C@](O)([C@](C)(O)[C@H]4CC[C@@]5(O)C6=C(NC[C@H](C)O)C(=O)[C@@H]7C[C@@H](O)[C@@H](O)C[C@@]78C[C@@H](C7=C(CCCO)NC(N)C=C7)C=C[C@H](C[C@]45C4CCCCC4)[C@@H]68)[C@@H]3O[C@@H]2CC1. The van der Waals surface area contributed by atoms with Gasteiger partial charge in [0.1, 0.15) is 5.60 Å². The van der Waals surface area contributed by atoms with E-state index >= 15 is 4.79 Å². The molecule has 1 saturated heterocycles. The maximum absolute atomic E-state index is 15.9. The van der Waals surface area contributed by atoms with Crippen LogP contribution >= 0.6 is 0 Å². The molecular formula is C57H89N3O10. The van der Waals surface area contributed by atoms with Crippen LogP contribution in [0.4, 0.5) is 0 Å². The van der Waals surface area contributed by atoms with E-state index in [-0.39, 0.29) is 80.3 Å². The van der Waals surface area contributed by atoms with E-state index in [0.29, 0.717) is 62.1 Å². The summed E-state index contributed by atoms with van der Waals surface area (Å²) in [6.07, 6.45) is 18.7. The molecule has 0 aromatic rings. The monoisotopic (exact) mass is 976 g/mol. The first-order valence-corrected chi connectivity index (χ1v) is 28.3. The number of fused-ring (bicyclic) bond motifs is 5. The second-order valence-corrected chi connectivity index (χ2v) is 25.1. The number of carbonyl (C=O) groups is 1. The number of nitrogens with two attached hydrogens (primary N) is 1. The summed E-state index contributed by atoms with van der Waals surface area (Å²) in [5.41, 5.74) is 2.23. The Morgan fingerprint density at radius 3 is 2.44 bits per heavy atom. The fraction of sp³-hybridized carbons (Fsp3) is 0.842. The fourth-order valence-corrected chi connectivity index (χ4v) is 18.6. The highest BCUT2D eigenvalue weighted by Crippen LogP contribution is 2.76. The van der Waals surface area contributed by atoms with Gasteiger partial charge in [0, 0.05) is 42.0 Å². The average Bonchev–Trinajstić information content (AvgIpc) is 3.68. The van der Waals surface area contributed by atoms with Crippen molar-refractivity contribution in [2.45, 2.75) is 222 Å². The molecule has 392 valence electrons. The van der Waals surface area contributed by atoms with Gasteiger partial charge in [0.05, 0.1) is 59.7 Å². The van der Waals surface area contributed by atoms with Crippen molar-refractivity contribution < 1.29 is 50.4 Å². The number of dihydropyridines is 1. The third-order valence-electron chi connectivity index (χ3n) is 21.5. The van der Waals surface area contributed by atoms with E-state index in [9.17, 15) is 40.9 Å². The van der Waals surface area contributed by atoms with Crippen LogP contribution in [-0.2, 0) is 9.53 Å². The van der Waals surface area contributed by atoms with Gasteiger partial charge in [-0.2, -0.15) is 0 Å². The van der Waals surface area contributed by atoms with Gasteiger partial charge >= 0.3 is 0 Å². The van der Waals surface area contributed by atoms with Gasteiger partial charge < -0.3 is 62.0 Å².